The molecule has 1 aromatic heterocycles. The largest absolute Gasteiger partial charge is 0.476 e. The van der Waals surface area contributed by atoms with E-state index in [1.165, 1.54) is 57.8 Å². The molecule has 1 N–H and O–H groups in total. The normalized spacial score (nSPS) is 33.6. The number of rotatable bonds is 3. The highest BCUT2D eigenvalue weighted by molar-refractivity contribution is 5.88. The van der Waals surface area contributed by atoms with Gasteiger partial charge in [-0.2, -0.15) is 0 Å². The topological polar surface area (TPSA) is 75.4 Å². The van der Waals surface area contributed by atoms with Gasteiger partial charge in [0, 0.05) is 29.6 Å². The summed E-state index contributed by atoms with van der Waals surface area (Å²) in [6.07, 6.45) is 14.1. The molecule has 1 saturated heterocycles. The number of aromatic nitrogens is 2. The van der Waals surface area contributed by atoms with Gasteiger partial charge < -0.3 is 9.67 Å². The van der Waals surface area contributed by atoms with Gasteiger partial charge >= 0.3 is 5.97 Å². The third-order valence-electron chi connectivity index (χ3n) is 8.93. The van der Waals surface area contributed by atoms with Crippen molar-refractivity contribution in [2.45, 2.75) is 94.8 Å². The molecule has 1 unspecified atom stereocenters. The smallest absolute Gasteiger partial charge is 0.360 e. The maximum Gasteiger partial charge on any atom is 0.360 e. The lowest BCUT2D eigenvalue weighted by atomic mass is 9.39. The third kappa shape index (κ3) is 2.63. The zero-order chi connectivity index (χ0) is 21.2. The van der Waals surface area contributed by atoms with E-state index in [0.717, 1.165) is 18.4 Å². The van der Waals surface area contributed by atoms with Gasteiger partial charge in [0.2, 0.25) is 5.69 Å². The van der Waals surface area contributed by atoms with E-state index in [9.17, 15) is 14.7 Å². The molecule has 1 spiro atoms. The zero-order valence-electron chi connectivity index (χ0n) is 18.0. The van der Waals surface area contributed by atoms with Crippen LogP contribution in [0.25, 0.3) is 11.0 Å². The second kappa shape index (κ2) is 7.16. The van der Waals surface area contributed by atoms with Crippen LogP contribution in [-0.2, 0) is 0 Å². The molecule has 164 valence electrons. The molecule has 0 bridgehead atoms. The monoisotopic (exact) mass is 421 g/mol. The second-order valence-corrected chi connectivity index (χ2v) is 10.2. The highest BCUT2D eigenvalue weighted by atomic mass is 16.4. The number of fused-ring (bicyclic) bond motifs is 1. The predicted octanol–water partition coefficient (Wildman–Crippen LogP) is 4.38. The maximum atomic E-state index is 13.2. The van der Waals surface area contributed by atoms with Crippen molar-refractivity contribution in [1.29, 1.82) is 0 Å². The first-order chi connectivity index (χ1) is 15.1. The molecule has 1 aliphatic heterocycles. The Hall–Kier alpha value is -2.21. The molecule has 4 aliphatic rings. The molecule has 1 aromatic carbocycles. The minimum atomic E-state index is -1.23. The summed E-state index contributed by atoms with van der Waals surface area (Å²) in [6, 6.07) is 9.42. The third-order valence-corrected chi connectivity index (χ3v) is 8.93. The Bertz CT molecular complexity index is 1080. The second-order valence-electron chi connectivity index (χ2n) is 10.2. The first kappa shape index (κ1) is 19.5. The summed E-state index contributed by atoms with van der Waals surface area (Å²) < 4.78 is 1.80. The van der Waals surface area contributed by atoms with E-state index < -0.39 is 11.5 Å². The quantitative estimate of drug-likeness (QED) is 0.796. The molecule has 3 saturated carbocycles. The van der Waals surface area contributed by atoms with Crippen LogP contribution in [0.3, 0.4) is 0 Å². The Morgan fingerprint density at radius 3 is 2.32 bits per heavy atom. The van der Waals surface area contributed by atoms with Gasteiger partial charge in [0.1, 0.15) is 0 Å². The molecule has 3 aliphatic carbocycles. The molecule has 2 heterocycles. The number of carbonyl (C=O) groups is 1. The lowest BCUT2D eigenvalue weighted by Gasteiger charge is -2.81. The van der Waals surface area contributed by atoms with E-state index in [4.69, 9.17) is 0 Å². The summed E-state index contributed by atoms with van der Waals surface area (Å²) in [4.78, 5) is 31.9. The van der Waals surface area contributed by atoms with Gasteiger partial charge in [0.15, 0.2) is 0 Å². The van der Waals surface area contributed by atoms with Crippen LogP contribution in [-0.4, -0.2) is 43.7 Å². The van der Waals surface area contributed by atoms with Crippen molar-refractivity contribution in [3.05, 3.63) is 40.3 Å². The number of para-hydroxylation sites is 2. The summed E-state index contributed by atoms with van der Waals surface area (Å²) in [5.74, 6) is -1.23. The summed E-state index contributed by atoms with van der Waals surface area (Å²) in [7, 11) is 0. The molecule has 6 heteroatoms. The van der Waals surface area contributed by atoms with Crippen LogP contribution in [0.15, 0.2) is 29.1 Å². The predicted molar refractivity (Wildman–Crippen MR) is 118 cm³/mol. The Balaban J connectivity index is 1.34. The van der Waals surface area contributed by atoms with Crippen LogP contribution in [0.1, 0.15) is 87.2 Å². The number of aromatic carboxylic acids is 1. The maximum absolute atomic E-state index is 13.2. The number of likely N-dealkylation sites (tertiary alicyclic amines) is 1. The molecule has 4 atom stereocenters. The van der Waals surface area contributed by atoms with Crippen molar-refractivity contribution < 1.29 is 9.90 Å². The summed E-state index contributed by atoms with van der Waals surface area (Å²) in [6.45, 7) is 0. The van der Waals surface area contributed by atoms with E-state index in [2.05, 4.69) is 9.88 Å². The van der Waals surface area contributed by atoms with E-state index in [-0.39, 0.29) is 17.2 Å². The van der Waals surface area contributed by atoms with Crippen LogP contribution in [0.2, 0.25) is 0 Å². The minimum absolute atomic E-state index is 0.0994. The van der Waals surface area contributed by atoms with Gasteiger partial charge in [-0.15, -0.1) is 0 Å². The average molecular weight is 422 g/mol. The fourth-order valence-corrected chi connectivity index (χ4v) is 7.42. The van der Waals surface area contributed by atoms with Crippen LogP contribution in [0.4, 0.5) is 0 Å². The minimum Gasteiger partial charge on any atom is -0.476 e. The van der Waals surface area contributed by atoms with Gasteiger partial charge in [0.25, 0.3) is 5.56 Å². The lowest BCUT2D eigenvalue weighted by molar-refractivity contribution is -0.308. The highest BCUT2D eigenvalue weighted by Gasteiger charge is 2.76. The molecular formula is C25H31N3O3. The number of hydrogen-bond donors (Lipinski definition) is 1. The summed E-state index contributed by atoms with van der Waals surface area (Å²) in [5.41, 5.74) is 0.768. The first-order valence-electron chi connectivity index (χ1n) is 12.1. The molecule has 4 fully saturated rings. The molecule has 6 nitrogen and oxygen atoms in total. The van der Waals surface area contributed by atoms with Crippen molar-refractivity contribution in [3.63, 3.8) is 0 Å². The molecule has 2 aromatic rings. The van der Waals surface area contributed by atoms with Crippen molar-refractivity contribution >= 4 is 17.0 Å². The lowest BCUT2D eigenvalue weighted by Crippen LogP contribution is -2.86. The standard InChI is InChI=1S/C25H31N3O3/c29-23-22(24(30)31)26-17-11-7-8-12-18(17)28(23)21-15-20-25(21)14-13-19(25)27(20)16-9-5-3-1-2-4-6-10-16/h7-8,11-12,16,19-21H,1-6,9-10,13-15H2,(H,30,31)/t19-,20-,21-,25?/m1/s1. The Morgan fingerprint density at radius 2 is 1.68 bits per heavy atom. The number of benzene rings is 1. The first-order valence-corrected chi connectivity index (χ1v) is 12.1. The van der Waals surface area contributed by atoms with Crippen molar-refractivity contribution in [1.82, 2.24) is 14.5 Å². The van der Waals surface area contributed by atoms with E-state index in [1.54, 1.807) is 4.57 Å². The van der Waals surface area contributed by atoms with Gasteiger partial charge in [-0.25, -0.2) is 9.78 Å². The van der Waals surface area contributed by atoms with Crippen LogP contribution in [0, 0.1) is 5.41 Å². The van der Waals surface area contributed by atoms with E-state index in [0.29, 0.717) is 23.6 Å². The van der Waals surface area contributed by atoms with Gasteiger partial charge in [-0.3, -0.25) is 9.69 Å². The molecule has 31 heavy (non-hydrogen) atoms. The Labute approximate surface area is 182 Å². The molecule has 6 rings (SSSR count). The van der Waals surface area contributed by atoms with Crippen LogP contribution < -0.4 is 5.56 Å². The van der Waals surface area contributed by atoms with Gasteiger partial charge in [0.05, 0.1) is 11.0 Å². The van der Waals surface area contributed by atoms with Crippen LogP contribution >= 0.6 is 0 Å². The zero-order valence-corrected chi connectivity index (χ0v) is 18.0. The highest BCUT2D eigenvalue weighted by Crippen LogP contribution is 2.73. The SMILES string of the molecule is O=C(O)c1nc2ccccc2n([C@@H]2C[C@H]3N(C4CCCCCCCC4)[C@@H]4CCC432)c1=O. The number of carboxylic acids is 1. The van der Waals surface area contributed by atoms with Gasteiger partial charge in [-0.1, -0.05) is 50.7 Å². The summed E-state index contributed by atoms with van der Waals surface area (Å²) in [5, 5.41) is 9.58. The van der Waals surface area contributed by atoms with Crippen LogP contribution in [0.5, 0.6) is 0 Å². The fraction of sp³-hybridized carbons (Fsp3) is 0.640. The number of carboxylic acid groups (broad SMARTS) is 1. The molecule has 0 radical (unpaired) electrons. The molecule has 0 amide bonds. The molecular weight excluding hydrogens is 390 g/mol. The number of piperidine rings is 2. The Kier molecular flexibility index (Phi) is 4.50. The van der Waals surface area contributed by atoms with Crippen molar-refractivity contribution in [2.75, 3.05) is 0 Å². The van der Waals surface area contributed by atoms with Gasteiger partial charge in [-0.05, 0) is 44.2 Å². The van der Waals surface area contributed by atoms with Crippen molar-refractivity contribution in [3.8, 4) is 0 Å². The number of nitrogens with zero attached hydrogens (tertiary/aromatic N) is 3. The van der Waals surface area contributed by atoms with E-state index in [1.807, 2.05) is 24.3 Å². The average Bonchev–Trinajstić information content (AvgIpc) is 2.86. The van der Waals surface area contributed by atoms with E-state index >= 15 is 0 Å². The van der Waals surface area contributed by atoms with Crippen molar-refractivity contribution in [2.24, 2.45) is 5.41 Å². The summed E-state index contributed by atoms with van der Waals surface area (Å²) >= 11 is 0. The fourth-order valence-electron chi connectivity index (χ4n) is 7.42. The number of hydrogen-bond acceptors (Lipinski definition) is 4. The Morgan fingerprint density at radius 1 is 0.968 bits per heavy atom.